The number of imidazole rings is 1. The first kappa shape index (κ1) is 15.7. The van der Waals surface area contributed by atoms with Gasteiger partial charge in [-0.05, 0) is 46.7 Å². The third kappa shape index (κ3) is 3.49. The summed E-state index contributed by atoms with van der Waals surface area (Å²) in [5, 5.41) is 7.11. The van der Waals surface area contributed by atoms with Gasteiger partial charge in [0, 0.05) is 12.4 Å². The van der Waals surface area contributed by atoms with Gasteiger partial charge >= 0.3 is 0 Å². The SMILES string of the molecule is O=C(C[C@@H](c1ccsc1)n1cccc1)NCc1nc2ccccc2[nH]1. The van der Waals surface area contributed by atoms with Gasteiger partial charge in [-0.2, -0.15) is 11.3 Å². The van der Waals surface area contributed by atoms with E-state index in [0.717, 1.165) is 22.4 Å². The number of aromatic nitrogens is 3. The Balaban J connectivity index is 1.43. The Morgan fingerprint density at radius 1 is 1.20 bits per heavy atom. The average Bonchev–Trinajstić information content (AvgIpc) is 3.39. The number of rotatable bonds is 6. The van der Waals surface area contributed by atoms with Gasteiger partial charge in [-0.15, -0.1) is 0 Å². The zero-order chi connectivity index (χ0) is 17.1. The summed E-state index contributed by atoms with van der Waals surface area (Å²) in [6.07, 6.45) is 4.38. The molecule has 0 saturated heterocycles. The predicted octanol–water partition coefficient (Wildman–Crippen LogP) is 3.72. The van der Waals surface area contributed by atoms with Crippen LogP contribution in [0.4, 0.5) is 0 Å². The molecule has 25 heavy (non-hydrogen) atoms. The Hall–Kier alpha value is -2.86. The summed E-state index contributed by atoms with van der Waals surface area (Å²) in [6, 6.07) is 13.9. The van der Waals surface area contributed by atoms with E-state index in [9.17, 15) is 4.79 Å². The van der Waals surface area contributed by atoms with E-state index in [4.69, 9.17) is 0 Å². The number of hydrogen-bond donors (Lipinski definition) is 2. The van der Waals surface area contributed by atoms with Crippen molar-refractivity contribution in [3.63, 3.8) is 0 Å². The highest BCUT2D eigenvalue weighted by Crippen LogP contribution is 2.24. The Bertz CT molecular complexity index is 889. The van der Waals surface area contributed by atoms with Crippen LogP contribution in [-0.2, 0) is 11.3 Å². The summed E-state index contributed by atoms with van der Waals surface area (Å²) in [6.45, 7) is 0.398. The molecule has 0 aliphatic rings. The Labute approximate surface area is 149 Å². The highest BCUT2D eigenvalue weighted by Gasteiger charge is 2.18. The summed E-state index contributed by atoms with van der Waals surface area (Å²) < 4.78 is 2.07. The molecule has 1 amide bonds. The monoisotopic (exact) mass is 350 g/mol. The van der Waals surface area contributed by atoms with Gasteiger partial charge in [0.05, 0.1) is 30.0 Å². The van der Waals surface area contributed by atoms with E-state index in [1.807, 2.05) is 54.2 Å². The summed E-state index contributed by atoms with van der Waals surface area (Å²) >= 11 is 1.64. The highest BCUT2D eigenvalue weighted by atomic mass is 32.1. The van der Waals surface area contributed by atoms with Crippen LogP contribution < -0.4 is 5.32 Å². The number of H-pyrrole nitrogens is 1. The minimum Gasteiger partial charge on any atom is -0.349 e. The molecule has 5 nitrogen and oxygen atoms in total. The number of carbonyl (C=O) groups is 1. The van der Waals surface area contributed by atoms with Crippen molar-refractivity contribution in [2.24, 2.45) is 0 Å². The molecule has 6 heteroatoms. The first-order valence-electron chi connectivity index (χ1n) is 8.14. The van der Waals surface area contributed by atoms with E-state index in [1.165, 1.54) is 0 Å². The number of para-hydroxylation sites is 2. The highest BCUT2D eigenvalue weighted by molar-refractivity contribution is 7.08. The standard InChI is InChI=1S/C19H18N4OS/c24-19(20-12-18-21-15-5-1-2-6-16(15)22-18)11-17(14-7-10-25-13-14)23-8-3-4-9-23/h1-10,13,17H,11-12H2,(H,20,24)(H,21,22)/t17-/m0/s1. The molecule has 0 fully saturated rings. The van der Waals surface area contributed by atoms with Gasteiger partial charge in [-0.25, -0.2) is 4.98 Å². The van der Waals surface area contributed by atoms with Crippen LogP contribution in [0.5, 0.6) is 0 Å². The van der Waals surface area contributed by atoms with Gasteiger partial charge in [-0.1, -0.05) is 12.1 Å². The molecule has 4 rings (SSSR count). The first-order chi connectivity index (χ1) is 12.3. The summed E-state index contributed by atoms with van der Waals surface area (Å²) in [5.74, 6) is 0.771. The van der Waals surface area contributed by atoms with Gasteiger partial charge in [-0.3, -0.25) is 4.79 Å². The largest absolute Gasteiger partial charge is 0.349 e. The maximum absolute atomic E-state index is 12.5. The quantitative estimate of drug-likeness (QED) is 0.557. The molecule has 0 aliphatic carbocycles. The van der Waals surface area contributed by atoms with Crippen molar-refractivity contribution in [2.45, 2.75) is 19.0 Å². The molecular formula is C19H18N4OS. The number of amides is 1. The van der Waals surface area contributed by atoms with Crippen LogP contribution in [0, 0.1) is 0 Å². The van der Waals surface area contributed by atoms with Crippen molar-refractivity contribution in [2.75, 3.05) is 0 Å². The van der Waals surface area contributed by atoms with Crippen LogP contribution in [0.3, 0.4) is 0 Å². The Kier molecular flexibility index (Phi) is 4.35. The lowest BCUT2D eigenvalue weighted by Gasteiger charge is -2.17. The van der Waals surface area contributed by atoms with Crippen LogP contribution in [0.2, 0.25) is 0 Å². The predicted molar refractivity (Wildman–Crippen MR) is 99.4 cm³/mol. The maximum atomic E-state index is 12.5. The molecule has 3 aromatic heterocycles. The summed E-state index contributed by atoms with van der Waals surface area (Å²) in [7, 11) is 0. The molecular weight excluding hydrogens is 332 g/mol. The summed E-state index contributed by atoms with van der Waals surface area (Å²) in [5.41, 5.74) is 3.05. The van der Waals surface area contributed by atoms with E-state index in [0.29, 0.717) is 13.0 Å². The second-order valence-electron chi connectivity index (χ2n) is 5.88. The number of fused-ring (bicyclic) bond motifs is 1. The number of thiophene rings is 1. The molecule has 0 saturated carbocycles. The van der Waals surface area contributed by atoms with E-state index in [-0.39, 0.29) is 11.9 Å². The van der Waals surface area contributed by atoms with E-state index in [1.54, 1.807) is 11.3 Å². The van der Waals surface area contributed by atoms with E-state index in [2.05, 4.69) is 31.3 Å². The van der Waals surface area contributed by atoms with Gasteiger partial charge < -0.3 is 14.9 Å². The average molecular weight is 350 g/mol. The van der Waals surface area contributed by atoms with Crippen LogP contribution in [-0.4, -0.2) is 20.4 Å². The van der Waals surface area contributed by atoms with Crippen LogP contribution in [0.15, 0.2) is 65.6 Å². The molecule has 0 unspecified atom stereocenters. The van der Waals surface area contributed by atoms with Gasteiger partial charge in [0.2, 0.25) is 5.91 Å². The lowest BCUT2D eigenvalue weighted by molar-refractivity contribution is -0.121. The van der Waals surface area contributed by atoms with Gasteiger partial charge in [0.25, 0.3) is 0 Å². The molecule has 0 radical (unpaired) electrons. The summed E-state index contributed by atoms with van der Waals surface area (Å²) in [4.78, 5) is 20.2. The van der Waals surface area contributed by atoms with Crippen molar-refractivity contribution in [3.05, 3.63) is 77.0 Å². The molecule has 0 spiro atoms. The zero-order valence-electron chi connectivity index (χ0n) is 13.6. The molecule has 0 bridgehead atoms. The van der Waals surface area contributed by atoms with Crippen molar-refractivity contribution in [3.8, 4) is 0 Å². The third-order valence-electron chi connectivity index (χ3n) is 4.19. The number of hydrogen-bond acceptors (Lipinski definition) is 3. The fourth-order valence-electron chi connectivity index (χ4n) is 2.94. The van der Waals surface area contributed by atoms with E-state index >= 15 is 0 Å². The second-order valence-corrected chi connectivity index (χ2v) is 6.66. The molecule has 0 aliphatic heterocycles. The van der Waals surface area contributed by atoms with Crippen molar-refractivity contribution in [1.82, 2.24) is 19.9 Å². The maximum Gasteiger partial charge on any atom is 0.222 e. The van der Waals surface area contributed by atoms with Crippen LogP contribution in [0.1, 0.15) is 23.9 Å². The Morgan fingerprint density at radius 2 is 2.04 bits per heavy atom. The Morgan fingerprint density at radius 3 is 2.80 bits per heavy atom. The normalized spacial score (nSPS) is 12.3. The lowest BCUT2D eigenvalue weighted by Crippen LogP contribution is -2.26. The third-order valence-corrected chi connectivity index (χ3v) is 4.89. The minimum atomic E-state index is 0.00496. The first-order valence-corrected chi connectivity index (χ1v) is 9.09. The number of nitrogens with zero attached hydrogens (tertiary/aromatic N) is 2. The fourth-order valence-corrected chi connectivity index (χ4v) is 3.64. The zero-order valence-corrected chi connectivity index (χ0v) is 14.4. The smallest absolute Gasteiger partial charge is 0.222 e. The number of benzene rings is 1. The van der Waals surface area contributed by atoms with Crippen LogP contribution >= 0.6 is 11.3 Å². The second kappa shape index (κ2) is 6.94. The number of aromatic amines is 1. The molecule has 1 aromatic carbocycles. The number of nitrogens with one attached hydrogen (secondary N) is 2. The van der Waals surface area contributed by atoms with Gasteiger partial charge in [0.15, 0.2) is 0 Å². The van der Waals surface area contributed by atoms with Crippen molar-refractivity contribution < 1.29 is 4.79 Å². The molecule has 3 heterocycles. The molecule has 1 atom stereocenters. The molecule has 126 valence electrons. The van der Waals surface area contributed by atoms with Crippen molar-refractivity contribution in [1.29, 1.82) is 0 Å². The van der Waals surface area contributed by atoms with Crippen LogP contribution in [0.25, 0.3) is 11.0 Å². The number of carbonyl (C=O) groups excluding carboxylic acids is 1. The van der Waals surface area contributed by atoms with Gasteiger partial charge in [0.1, 0.15) is 5.82 Å². The molecule has 4 aromatic rings. The molecule has 2 N–H and O–H groups in total. The van der Waals surface area contributed by atoms with E-state index < -0.39 is 0 Å². The fraction of sp³-hybridized carbons (Fsp3) is 0.158. The van der Waals surface area contributed by atoms with Crippen molar-refractivity contribution >= 4 is 28.3 Å². The topological polar surface area (TPSA) is 62.7 Å². The lowest BCUT2D eigenvalue weighted by atomic mass is 10.1. The minimum absolute atomic E-state index is 0.00496.